The number of alkyl halides is 3. The van der Waals surface area contributed by atoms with E-state index in [-0.39, 0.29) is 46.1 Å². The summed E-state index contributed by atoms with van der Waals surface area (Å²) in [7, 11) is 1.31. The van der Waals surface area contributed by atoms with Crippen LogP contribution in [0.25, 0.3) is 22.4 Å². The number of rotatable bonds is 6. The number of oxazole rings is 1. The van der Waals surface area contributed by atoms with Crippen LogP contribution in [-0.4, -0.2) is 23.0 Å². The lowest BCUT2D eigenvalue weighted by atomic mass is 10.1. The number of hydrogen-bond acceptors (Lipinski definition) is 7. The molecule has 0 aliphatic rings. The van der Waals surface area contributed by atoms with E-state index in [2.05, 4.69) is 20.8 Å². The number of pyridine rings is 1. The summed E-state index contributed by atoms with van der Waals surface area (Å²) < 4.78 is 63.7. The molecule has 182 valence electrons. The fraction of sp³-hybridized carbons (Fsp3) is 0.174. The summed E-state index contributed by atoms with van der Waals surface area (Å²) in [4.78, 5) is 20.7. The summed E-state index contributed by atoms with van der Waals surface area (Å²) in [5.74, 6) is -0.965. The Balaban J connectivity index is 1.70. The van der Waals surface area contributed by atoms with E-state index in [0.29, 0.717) is 11.3 Å². The molecule has 1 amide bonds. The molecule has 4 N–H and O–H groups in total. The molecule has 2 aromatic carbocycles. The highest BCUT2D eigenvalue weighted by molar-refractivity contribution is 5.98. The maximum Gasteiger partial charge on any atom is 0.433 e. The van der Waals surface area contributed by atoms with Crippen LogP contribution in [0.3, 0.4) is 0 Å². The number of carbonyl (C=O) groups is 1. The number of benzene rings is 2. The van der Waals surface area contributed by atoms with E-state index in [9.17, 15) is 22.4 Å². The number of hydrazine groups is 1. The molecule has 35 heavy (non-hydrogen) atoms. The van der Waals surface area contributed by atoms with Crippen LogP contribution >= 0.6 is 0 Å². The standard InChI is InChI=1S/C23H19F4N5O3/c1-11-9-12(24)3-6-15(11)31-32-21(33)20-17(10-28)35-22(30-20)14-4-7-16(34-2)19-13(14)5-8-18(29-19)23(25,26)27/h3-9,31H,10,28H2,1-2H3,(H,32,33). The molecular weight excluding hydrogens is 470 g/mol. The summed E-state index contributed by atoms with van der Waals surface area (Å²) in [5.41, 5.74) is 10.9. The molecule has 8 nitrogen and oxygen atoms in total. The molecule has 0 saturated heterocycles. The Labute approximate surface area is 196 Å². The van der Waals surface area contributed by atoms with Gasteiger partial charge >= 0.3 is 6.18 Å². The largest absolute Gasteiger partial charge is 0.494 e. The lowest BCUT2D eigenvalue weighted by molar-refractivity contribution is -0.140. The second-order valence-corrected chi connectivity index (χ2v) is 7.44. The number of halogens is 4. The quantitative estimate of drug-likeness (QED) is 0.268. The molecule has 0 saturated carbocycles. The second-order valence-electron chi connectivity index (χ2n) is 7.44. The maximum absolute atomic E-state index is 13.3. The highest BCUT2D eigenvalue weighted by Gasteiger charge is 2.33. The Morgan fingerprint density at radius 3 is 2.57 bits per heavy atom. The number of aryl methyl sites for hydroxylation is 1. The minimum atomic E-state index is -4.65. The van der Waals surface area contributed by atoms with Crippen LogP contribution in [0.5, 0.6) is 5.75 Å². The van der Waals surface area contributed by atoms with E-state index >= 15 is 0 Å². The monoisotopic (exact) mass is 489 g/mol. The zero-order valence-corrected chi connectivity index (χ0v) is 18.5. The van der Waals surface area contributed by atoms with E-state index in [1.807, 2.05) is 0 Å². The first-order valence-corrected chi connectivity index (χ1v) is 10.2. The van der Waals surface area contributed by atoms with Crippen LogP contribution < -0.4 is 21.3 Å². The predicted molar refractivity (Wildman–Crippen MR) is 119 cm³/mol. The molecule has 0 fully saturated rings. The highest BCUT2D eigenvalue weighted by Crippen LogP contribution is 2.36. The van der Waals surface area contributed by atoms with Crippen molar-refractivity contribution in [3.05, 3.63) is 71.0 Å². The number of aromatic nitrogens is 2. The normalized spacial score (nSPS) is 11.5. The highest BCUT2D eigenvalue weighted by atomic mass is 19.4. The predicted octanol–water partition coefficient (Wildman–Crippen LogP) is 4.58. The number of methoxy groups -OCH3 is 1. The smallest absolute Gasteiger partial charge is 0.433 e. The van der Waals surface area contributed by atoms with Crippen LogP contribution in [0.4, 0.5) is 23.2 Å². The Bertz CT molecular complexity index is 1420. The van der Waals surface area contributed by atoms with Gasteiger partial charge in [-0.3, -0.25) is 15.6 Å². The Kier molecular flexibility index (Phi) is 6.31. The molecule has 12 heteroatoms. The maximum atomic E-state index is 13.3. The summed E-state index contributed by atoms with van der Waals surface area (Å²) in [5, 5.41) is 0.272. The summed E-state index contributed by atoms with van der Waals surface area (Å²) in [6.07, 6.45) is -4.65. The fourth-order valence-electron chi connectivity index (χ4n) is 3.43. The van der Waals surface area contributed by atoms with Crippen molar-refractivity contribution in [3.63, 3.8) is 0 Å². The number of nitrogens with one attached hydrogen (secondary N) is 2. The van der Waals surface area contributed by atoms with E-state index in [4.69, 9.17) is 14.9 Å². The number of hydrogen-bond donors (Lipinski definition) is 3. The van der Waals surface area contributed by atoms with Crippen LogP contribution in [-0.2, 0) is 12.7 Å². The van der Waals surface area contributed by atoms with Crippen molar-refractivity contribution in [3.8, 4) is 17.2 Å². The fourth-order valence-corrected chi connectivity index (χ4v) is 3.43. The minimum Gasteiger partial charge on any atom is -0.494 e. The van der Waals surface area contributed by atoms with Gasteiger partial charge in [0.05, 0.1) is 19.3 Å². The lowest BCUT2D eigenvalue weighted by Gasteiger charge is -2.11. The van der Waals surface area contributed by atoms with Crippen LogP contribution in [0, 0.1) is 12.7 Å². The number of nitrogens with zero attached hydrogens (tertiary/aromatic N) is 2. The van der Waals surface area contributed by atoms with Gasteiger partial charge in [-0.2, -0.15) is 13.2 Å². The molecule has 4 rings (SSSR count). The van der Waals surface area contributed by atoms with Crippen LogP contribution in [0.15, 0.2) is 46.9 Å². The van der Waals surface area contributed by atoms with Crippen molar-refractivity contribution in [1.29, 1.82) is 0 Å². The SMILES string of the molecule is COc1ccc(-c2nc(C(=O)NNc3ccc(F)cc3C)c(CN)o2)c2ccc(C(F)(F)F)nc12. The first-order chi connectivity index (χ1) is 16.6. The molecule has 2 aromatic heterocycles. The average molecular weight is 489 g/mol. The molecule has 0 aliphatic heterocycles. The molecule has 0 bridgehead atoms. The van der Waals surface area contributed by atoms with E-state index < -0.39 is 23.6 Å². The third kappa shape index (κ3) is 4.73. The van der Waals surface area contributed by atoms with Gasteiger partial charge < -0.3 is 14.9 Å². The van der Waals surface area contributed by atoms with Gasteiger partial charge in [-0.25, -0.2) is 14.4 Å². The summed E-state index contributed by atoms with van der Waals surface area (Å²) in [6.45, 7) is 1.49. The Morgan fingerprint density at radius 2 is 1.91 bits per heavy atom. The van der Waals surface area contributed by atoms with E-state index in [0.717, 1.165) is 6.07 Å². The van der Waals surface area contributed by atoms with E-state index in [1.165, 1.54) is 43.5 Å². The summed E-state index contributed by atoms with van der Waals surface area (Å²) >= 11 is 0. The van der Waals surface area contributed by atoms with Gasteiger partial charge in [-0.1, -0.05) is 0 Å². The van der Waals surface area contributed by atoms with Crippen molar-refractivity contribution in [1.82, 2.24) is 15.4 Å². The lowest BCUT2D eigenvalue weighted by Crippen LogP contribution is -2.31. The van der Waals surface area contributed by atoms with Gasteiger partial charge in [0.15, 0.2) is 11.5 Å². The van der Waals surface area contributed by atoms with E-state index in [1.54, 1.807) is 6.92 Å². The summed E-state index contributed by atoms with van der Waals surface area (Å²) in [6, 6.07) is 9.00. The van der Waals surface area contributed by atoms with Gasteiger partial charge in [0, 0.05) is 10.9 Å². The Morgan fingerprint density at radius 1 is 1.14 bits per heavy atom. The third-order valence-corrected chi connectivity index (χ3v) is 5.16. The van der Waals surface area contributed by atoms with Gasteiger partial charge in [0.25, 0.3) is 5.91 Å². The molecule has 4 aromatic rings. The van der Waals surface area contributed by atoms with Gasteiger partial charge in [-0.05, 0) is 55.0 Å². The first-order valence-electron chi connectivity index (χ1n) is 10.2. The molecule has 0 aliphatic carbocycles. The van der Waals surface area contributed by atoms with Gasteiger partial charge in [0.2, 0.25) is 5.89 Å². The van der Waals surface area contributed by atoms with Crippen molar-refractivity contribution in [2.75, 3.05) is 12.5 Å². The average Bonchev–Trinajstić information content (AvgIpc) is 3.26. The zero-order valence-electron chi connectivity index (χ0n) is 18.5. The molecule has 2 heterocycles. The molecular formula is C23H19F4N5O3. The third-order valence-electron chi connectivity index (χ3n) is 5.16. The van der Waals surface area contributed by atoms with Crippen molar-refractivity contribution in [2.45, 2.75) is 19.6 Å². The first kappa shape index (κ1) is 24.0. The topological polar surface area (TPSA) is 115 Å². The molecule has 0 spiro atoms. The molecule has 0 radical (unpaired) electrons. The number of carbonyl (C=O) groups excluding carboxylic acids is 1. The number of fused-ring (bicyclic) bond motifs is 1. The van der Waals surface area contributed by atoms with Crippen molar-refractivity contribution in [2.24, 2.45) is 5.73 Å². The van der Waals surface area contributed by atoms with Crippen LogP contribution in [0.1, 0.15) is 27.5 Å². The number of ether oxygens (including phenoxy) is 1. The minimum absolute atomic E-state index is 0.0391. The number of anilines is 1. The van der Waals surface area contributed by atoms with Gasteiger partial charge in [-0.15, -0.1) is 0 Å². The number of nitrogens with two attached hydrogens (primary N) is 1. The van der Waals surface area contributed by atoms with Crippen molar-refractivity contribution < 1.29 is 31.5 Å². The molecule has 0 unspecified atom stereocenters. The zero-order chi connectivity index (χ0) is 25.3. The van der Waals surface area contributed by atoms with Crippen molar-refractivity contribution >= 4 is 22.5 Å². The van der Waals surface area contributed by atoms with Gasteiger partial charge in [0.1, 0.15) is 22.8 Å². The Hall–Kier alpha value is -4.19. The second kappa shape index (κ2) is 9.22. The number of amides is 1. The molecule has 0 atom stereocenters. The van der Waals surface area contributed by atoms with Crippen LogP contribution in [0.2, 0.25) is 0 Å².